The Hall–Kier alpha value is -7.04. The number of hydrogen-bond acceptors (Lipinski definition) is 26. The van der Waals surface area contributed by atoms with E-state index in [1.54, 1.807) is 38.3 Å². The topological polar surface area (TPSA) is 555 Å². The van der Waals surface area contributed by atoms with E-state index in [2.05, 4.69) is 71.2 Å². The first-order chi connectivity index (χ1) is 53.7. The second-order valence-corrected chi connectivity index (χ2v) is 38.2. The van der Waals surface area contributed by atoms with Crippen molar-refractivity contribution in [1.29, 1.82) is 0 Å². The summed E-state index contributed by atoms with van der Waals surface area (Å²) in [5.41, 5.74) is 18.2. The molecule has 5 heterocycles. The second kappa shape index (κ2) is 40.9. The molecule has 4 aromatic rings. The highest BCUT2D eigenvalue weighted by atomic mass is 33.1. The van der Waals surface area contributed by atoms with Gasteiger partial charge in [0.25, 0.3) is 25.8 Å². The first-order valence-electron chi connectivity index (χ1n) is 36.1. The minimum Gasteiger partial charge on any atom is -0.450 e. The van der Waals surface area contributed by atoms with Crippen molar-refractivity contribution in [2.24, 2.45) is 11.0 Å². The number of nitrogens with zero attached hydrogens (tertiary/aromatic N) is 7. The number of aromatic nitrogens is 3. The van der Waals surface area contributed by atoms with Crippen LogP contribution in [0.2, 0.25) is 0 Å². The van der Waals surface area contributed by atoms with Gasteiger partial charge in [-0.1, -0.05) is 70.6 Å². The Bertz CT molecular complexity index is 4830. The number of carbonyl (C=O) groups excluding carboxylic acids is 3. The Morgan fingerprint density at radius 1 is 0.842 bits per heavy atom. The summed E-state index contributed by atoms with van der Waals surface area (Å²) in [7, 11) is -22.7. The fourth-order valence-electron chi connectivity index (χ4n) is 13.2. The normalized spacial score (nSPS) is 19.7. The first-order valence-corrected chi connectivity index (χ1v) is 45.8. The van der Waals surface area contributed by atoms with E-state index in [-0.39, 0.29) is 89.1 Å². The number of allylic oxidation sites excluding steroid dienone is 6. The van der Waals surface area contributed by atoms with Gasteiger partial charge in [-0.2, -0.15) is 35.0 Å². The van der Waals surface area contributed by atoms with Gasteiger partial charge >= 0.3 is 35.6 Å². The Balaban J connectivity index is 0.626. The van der Waals surface area contributed by atoms with Crippen LogP contribution in [0.4, 0.5) is 26.9 Å². The number of rotatable bonds is 46. The lowest BCUT2D eigenvalue weighted by Gasteiger charge is -2.25. The highest BCUT2D eigenvalue weighted by molar-refractivity contribution is 8.77. The van der Waals surface area contributed by atoms with Crippen molar-refractivity contribution in [3.05, 3.63) is 116 Å². The minimum atomic E-state index is -5.81. The Labute approximate surface area is 666 Å². The van der Waals surface area contributed by atoms with Crippen LogP contribution in [0.5, 0.6) is 0 Å². The van der Waals surface area contributed by atoms with E-state index < -0.39 is 116 Å². The highest BCUT2D eigenvalue weighted by Gasteiger charge is 2.66. The van der Waals surface area contributed by atoms with Crippen molar-refractivity contribution >= 4 is 117 Å². The number of unbranched alkanes of at least 4 members (excludes halogenated alkanes) is 4. The average molecular weight is 1730 g/mol. The van der Waals surface area contributed by atoms with Gasteiger partial charge in [0.05, 0.1) is 90.6 Å². The van der Waals surface area contributed by atoms with E-state index in [1.807, 2.05) is 78.8 Å². The third-order valence-corrected chi connectivity index (χ3v) is 27.1. The SMILES string of the molecule is CCN1\C(=C/C=C/C=C/C2=[N+](CCCCCC(=O)NCCOCCOCCNC(=O)OCCC(C)(C)SSCOCCCCCNC(=O)NCC#Cc3cn(C4[C@H]5[C@H](OCN=[N+]=[N-])[C@@H](COP(=O)(O)OP(=O)(O)OP(=O)(O)O)O[C@@H]45)c4nc(N)[nH]c(=O)c34)c3ccc(S(=O)(=O)O)cc3C2(C)C)C(C)(C)c2cc(S(=O)(=O)O)ccc21. The van der Waals surface area contributed by atoms with Crippen LogP contribution in [0, 0.1) is 17.8 Å². The van der Waals surface area contributed by atoms with E-state index >= 15 is 0 Å². The van der Waals surface area contributed by atoms with Crippen LogP contribution in [-0.2, 0) is 91.1 Å². The molecule has 4 aliphatic rings. The molecule has 0 spiro atoms. The standard InChI is InChI=1S/C68H96N13O26P3S4/c1-8-79-50-25-23-46(113(93,94)95)39-48(50)67(4,5)53(79)20-12-9-13-21-54-68(6,7)49-40-47(114(96,97)98)24-26-51(49)80(54)32-16-10-14-22-55(82)71-30-35-99-37-38-100-36-31-74-65(85)102-34-27-66(2,3)112-111-44-101-33-17-11-15-28-72-64(84)73-29-18-19-45-41-81(61-56(45)62(83)77-63(69)76-61)58-57-59(103-43-75-78-70)52(105-60(57)58)42-104-109(89,90)107-110(91,92)106-108(86,87)88/h9,12-13,20-21,23-26,39-41,52,57-60H,8,10-11,14-17,22,27-38,42-44H2,1-7H3,(H12-,69,71,72,73,74,76,77,82,83,84,85,86,87,88,89,90,91,92,93,94,95,96,97,98)/p+1/t52-,57+,58?,59-,60-/m1/s1. The first kappa shape index (κ1) is 92.5. The maximum absolute atomic E-state index is 13.2. The molecule has 0 radical (unpaired) electrons. The molecule has 39 nitrogen and oxygen atoms in total. The minimum absolute atomic E-state index is 0.0530. The highest BCUT2D eigenvalue weighted by Crippen LogP contribution is 2.67. The molecule has 4 amide bonds. The van der Waals surface area contributed by atoms with Crippen molar-refractivity contribution in [3.8, 4) is 11.8 Å². The van der Waals surface area contributed by atoms with Gasteiger partial charge in [0, 0.05) is 102 Å². The summed E-state index contributed by atoms with van der Waals surface area (Å²) in [6.45, 7) is 16.5. The number of nitrogens with one attached hydrogen (secondary N) is 5. The summed E-state index contributed by atoms with van der Waals surface area (Å²) in [6, 6.07) is 8.12. The zero-order chi connectivity index (χ0) is 83.5. The van der Waals surface area contributed by atoms with Crippen molar-refractivity contribution in [3.63, 3.8) is 0 Å². The molecule has 3 aliphatic heterocycles. The number of phosphoric ester groups is 1. The summed E-state index contributed by atoms with van der Waals surface area (Å²) in [4.78, 5) is 99.0. The number of alkyl carbamates (subject to hydrolysis) is 1. The third-order valence-electron chi connectivity index (χ3n) is 18.6. The Kier molecular flexibility index (Phi) is 33.2. The predicted octanol–water partition coefficient (Wildman–Crippen LogP) is 8.41. The number of nitrogen functional groups attached to an aromatic ring is 1. The van der Waals surface area contributed by atoms with Crippen molar-refractivity contribution in [2.75, 3.05) is 109 Å². The maximum atomic E-state index is 13.2. The molecule has 7 atom stereocenters. The number of aromatic amines is 1. The lowest BCUT2D eigenvalue weighted by Crippen LogP contribution is -2.36. The molecule has 8 rings (SSSR count). The molecule has 2 aromatic heterocycles. The summed E-state index contributed by atoms with van der Waals surface area (Å²) in [5.74, 6) is 5.17. The van der Waals surface area contributed by atoms with E-state index in [0.717, 1.165) is 59.6 Å². The monoisotopic (exact) mass is 1730 g/mol. The van der Waals surface area contributed by atoms with Crippen LogP contribution >= 0.6 is 45.1 Å². The molecule has 2 fully saturated rings. The number of carbonyl (C=O) groups is 3. The molecule has 1 aliphatic carbocycles. The van der Waals surface area contributed by atoms with Crippen LogP contribution in [0.15, 0.2) is 98.4 Å². The van der Waals surface area contributed by atoms with Gasteiger partial charge in [-0.05, 0) is 121 Å². The number of fused-ring (bicyclic) bond motifs is 4. The smallest absolute Gasteiger partial charge is 0.450 e. The number of likely N-dealkylation sites (N-methyl/N-ethyl adjacent to an activating group) is 1. The molecule has 3 unspecified atom stereocenters. The molecule has 1 saturated carbocycles. The quantitative estimate of drug-likeness (QED) is 0.00169. The lowest BCUT2D eigenvalue weighted by molar-refractivity contribution is -0.438. The number of nitrogens with two attached hydrogens (primary N) is 1. The zero-order valence-corrected chi connectivity index (χ0v) is 69.6. The largest absolute Gasteiger partial charge is 0.490 e. The number of urea groups is 1. The van der Waals surface area contributed by atoms with Crippen molar-refractivity contribution in [1.82, 2.24) is 35.8 Å². The summed E-state index contributed by atoms with van der Waals surface area (Å²) < 4.78 is 153. The van der Waals surface area contributed by atoms with E-state index in [0.29, 0.717) is 64.4 Å². The molecular weight excluding hydrogens is 1640 g/mol. The average Bonchev–Trinajstić information content (AvgIpc) is 1.54. The third kappa shape index (κ3) is 26.5. The molecule has 1 saturated heterocycles. The number of benzene rings is 2. The lowest BCUT2D eigenvalue weighted by atomic mass is 9.81. The molecule has 2 aromatic carbocycles. The van der Waals surface area contributed by atoms with E-state index in [4.69, 9.17) is 54.0 Å². The van der Waals surface area contributed by atoms with E-state index in [9.17, 15) is 68.6 Å². The van der Waals surface area contributed by atoms with Gasteiger partial charge in [0.1, 0.15) is 25.3 Å². The van der Waals surface area contributed by atoms with Gasteiger partial charge in [-0.15, -0.1) is 0 Å². The van der Waals surface area contributed by atoms with Crippen LogP contribution < -0.4 is 37.5 Å². The van der Waals surface area contributed by atoms with Crippen molar-refractivity contribution < 1.29 is 120 Å². The van der Waals surface area contributed by atoms with Gasteiger partial charge in [-0.25, -0.2) is 23.3 Å². The van der Waals surface area contributed by atoms with Crippen LogP contribution in [0.1, 0.15) is 123 Å². The van der Waals surface area contributed by atoms with Gasteiger partial charge in [0.15, 0.2) is 11.4 Å². The van der Waals surface area contributed by atoms with Gasteiger partial charge < -0.3 is 84.5 Å². The van der Waals surface area contributed by atoms with Crippen LogP contribution in [0.3, 0.4) is 0 Å². The number of phosphoric acid groups is 3. The molecule has 628 valence electrons. The maximum Gasteiger partial charge on any atom is 0.490 e. The number of anilines is 2. The van der Waals surface area contributed by atoms with Gasteiger partial charge in [0.2, 0.25) is 17.5 Å². The number of ether oxygens (including phenoxy) is 6. The molecular formula is C68H97N13O26P3S4+. The summed E-state index contributed by atoms with van der Waals surface area (Å²) in [6.07, 6.45) is 12.8. The molecule has 114 heavy (non-hydrogen) atoms. The predicted molar refractivity (Wildman–Crippen MR) is 422 cm³/mol. The molecule has 0 bridgehead atoms. The number of azide groups is 1. The second-order valence-electron chi connectivity index (χ2n) is 28.0. The van der Waals surface area contributed by atoms with Gasteiger partial charge in [-0.3, -0.25) is 28.2 Å². The van der Waals surface area contributed by atoms with Crippen molar-refractivity contribution in [2.45, 2.75) is 150 Å². The molecule has 46 heteroatoms. The van der Waals surface area contributed by atoms with Crippen LogP contribution in [-0.4, -0.2) is 210 Å². The zero-order valence-electron chi connectivity index (χ0n) is 63.6. The molecule has 13 N–H and O–H groups in total. The van der Waals surface area contributed by atoms with E-state index in [1.165, 1.54) is 30.5 Å². The van der Waals surface area contributed by atoms with Crippen LogP contribution in [0.25, 0.3) is 21.5 Å². The Morgan fingerprint density at radius 3 is 2.23 bits per heavy atom. The number of hydrogen-bond donors (Lipinski definition) is 12. The number of amides is 4. The fraction of sp³-hybridized carbons (Fsp3) is 0.559. The summed E-state index contributed by atoms with van der Waals surface area (Å²) >= 11 is 0. The fourth-order valence-corrected chi connectivity index (χ4v) is 19.5. The summed E-state index contributed by atoms with van der Waals surface area (Å²) in [5, 5.41) is 14.3. The Morgan fingerprint density at radius 2 is 1.54 bits per heavy atom. The number of H-pyrrole nitrogens is 1.